The fraction of sp³-hybridized carbons (Fsp3) is 0. The molecule has 8 heteroatoms. The summed E-state index contributed by atoms with van der Waals surface area (Å²) in [5.74, 6) is 0.245. The van der Waals surface area contributed by atoms with Gasteiger partial charge in [-0.3, -0.25) is 19.8 Å². The molecule has 0 amide bonds. The smallest absolute Gasteiger partial charge is 0.266 e. The SMILES string of the molecule is O=[N+]([O-])c1cn[nH]c1-n1cnnc1. The van der Waals surface area contributed by atoms with E-state index in [0.29, 0.717) is 0 Å². The predicted molar refractivity (Wildman–Crippen MR) is 40.2 cm³/mol. The fourth-order valence-corrected chi connectivity index (χ4v) is 0.913. The average molecular weight is 180 g/mol. The lowest BCUT2D eigenvalue weighted by Gasteiger charge is -1.93. The highest BCUT2D eigenvalue weighted by atomic mass is 16.6. The summed E-state index contributed by atoms with van der Waals surface area (Å²) in [6.45, 7) is 0. The molecule has 2 aromatic heterocycles. The van der Waals surface area contributed by atoms with Gasteiger partial charge in [0.1, 0.15) is 18.9 Å². The largest absolute Gasteiger partial charge is 0.331 e. The Morgan fingerprint density at radius 2 is 2.15 bits per heavy atom. The summed E-state index contributed by atoms with van der Waals surface area (Å²) in [5, 5.41) is 23.5. The Kier molecular flexibility index (Phi) is 1.51. The molecule has 2 heterocycles. The van der Waals surface area contributed by atoms with E-state index in [9.17, 15) is 10.1 Å². The summed E-state index contributed by atoms with van der Waals surface area (Å²) in [6.07, 6.45) is 3.83. The molecule has 1 N–H and O–H groups in total. The van der Waals surface area contributed by atoms with E-state index in [1.54, 1.807) is 0 Å². The molecular weight excluding hydrogens is 176 g/mol. The van der Waals surface area contributed by atoms with E-state index >= 15 is 0 Å². The first kappa shape index (κ1) is 7.40. The number of hydrogen-bond donors (Lipinski definition) is 1. The van der Waals surface area contributed by atoms with Crippen molar-refractivity contribution in [1.82, 2.24) is 25.0 Å². The van der Waals surface area contributed by atoms with Crippen LogP contribution in [0.25, 0.3) is 5.82 Å². The van der Waals surface area contributed by atoms with E-state index in [4.69, 9.17) is 0 Å². The normalized spacial score (nSPS) is 10.2. The zero-order valence-electron chi connectivity index (χ0n) is 6.28. The maximum absolute atomic E-state index is 10.5. The van der Waals surface area contributed by atoms with Crippen LogP contribution in [-0.2, 0) is 0 Å². The first-order valence-electron chi connectivity index (χ1n) is 3.32. The van der Waals surface area contributed by atoms with E-state index in [0.717, 1.165) is 6.20 Å². The average Bonchev–Trinajstić information content (AvgIpc) is 2.74. The maximum Gasteiger partial charge on any atom is 0.331 e. The van der Waals surface area contributed by atoms with Gasteiger partial charge < -0.3 is 0 Å². The summed E-state index contributed by atoms with van der Waals surface area (Å²) in [4.78, 5) is 9.94. The molecule has 0 atom stereocenters. The van der Waals surface area contributed by atoms with Gasteiger partial charge in [0.05, 0.1) is 4.92 Å². The third kappa shape index (κ3) is 1.13. The van der Waals surface area contributed by atoms with E-state index in [2.05, 4.69) is 20.4 Å². The zero-order chi connectivity index (χ0) is 9.26. The molecular formula is C5H4N6O2. The molecule has 13 heavy (non-hydrogen) atoms. The summed E-state index contributed by atoms with van der Waals surface area (Å²) in [7, 11) is 0. The number of hydrogen-bond acceptors (Lipinski definition) is 5. The van der Waals surface area contributed by atoms with E-state index in [-0.39, 0.29) is 11.5 Å². The lowest BCUT2D eigenvalue weighted by molar-refractivity contribution is -0.384. The Morgan fingerprint density at radius 1 is 1.46 bits per heavy atom. The van der Waals surface area contributed by atoms with E-state index in [1.165, 1.54) is 17.2 Å². The number of H-pyrrole nitrogens is 1. The van der Waals surface area contributed by atoms with Crippen LogP contribution >= 0.6 is 0 Å². The minimum absolute atomic E-state index is 0.111. The Hall–Kier alpha value is -2.25. The van der Waals surface area contributed by atoms with Crippen LogP contribution < -0.4 is 0 Å². The van der Waals surface area contributed by atoms with Gasteiger partial charge in [0, 0.05) is 0 Å². The van der Waals surface area contributed by atoms with Gasteiger partial charge in [-0.1, -0.05) is 0 Å². The van der Waals surface area contributed by atoms with Crippen molar-refractivity contribution in [3.8, 4) is 5.82 Å². The number of nitrogens with zero attached hydrogens (tertiary/aromatic N) is 5. The molecule has 0 saturated carbocycles. The Balaban J connectivity index is 2.52. The van der Waals surface area contributed by atoms with Crippen molar-refractivity contribution in [3.63, 3.8) is 0 Å². The van der Waals surface area contributed by atoms with Gasteiger partial charge in [0.15, 0.2) is 0 Å². The van der Waals surface area contributed by atoms with Gasteiger partial charge in [0.2, 0.25) is 5.82 Å². The lowest BCUT2D eigenvalue weighted by atomic mass is 10.5. The first-order valence-corrected chi connectivity index (χ1v) is 3.32. The second kappa shape index (κ2) is 2.66. The van der Waals surface area contributed by atoms with Crippen LogP contribution in [0.2, 0.25) is 0 Å². The van der Waals surface area contributed by atoms with E-state index in [1.807, 2.05) is 0 Å². The van der Waals surface area contributed by atoms with Crippen molar-refractivity contribution in [3.05, 3.63) is 29.0 Å². The van der Waals surface area contributed by atoms with Gasteiger partial charge in [0.25, 0.3) is 0 Å². The van der Waals surface area contributed by atoms with Gasteiger partial charge in [-0.25, -0.2) is 0 Å². The van der Waals surface area contributed by atoms with Gasteiger partial charge in [-0.15, -0.1) is 10.2 Å². The van der Waals surface area contributed by atoms with Crippen LogP contribution in [0.5, 0.6) is 0 Å². The second-order valence-electron chi connectivity index (χ2n) is 2.23. The van der Waals surface area contributed by atoms with Crippen LogP contribution in [0.3, 0.4) is 0 Å². The Labute approximate surface area is 71.4 Å². The Bertz CT molecular complexity index is 418. The second-order valence-corrected chi connectivity index (χ2v) is 2.23. The molecule has 0 aliphatic carbocycles. The summed E-state index contributed by atoms with van der Waals surface area (Å²) < 4.78 is 1.38. The molecule has 66 valence electrons. The molecule has 0 saturated heterocycles. The number of nitrogens with one attached hydrogen (secondary N) is 1. The van der Waals surface area contributed by atoms with Crippen molar-refractivity contribution < 1.29 is 4.92 Å². The zero-order valence-corrected chi connectivity index (χ0v) is 6.28. The monoisotopic (exact) mass is 180 g/mol. The van der Waals surface area contributed by atoms with Crippen molar-refractivity contribution in [1.29, 1.82) is 0 Å². The van der Waals surface area contributed by atoms with Crippen molar-refractivity contribution >= 4 is 5.69 Å². The number of nitro groups is 1. The topological polar surface area (TPSA) is 103 Å². The molecule has 0 aliphatic rings. The third-order valence-corrected chi connectivity index (χ3v) is 1.47. The lowest BCUT2D eigenvalue weighted by Crippen LogP contribution is -1.96. The number of aromatic amines is 1. The van der Waals surface area contributed by atoms with Gasteiger partial charge >= 0.3 is 5.69 Å². The van der Waals surface area contributed by atoms with Crippen molar-refractivity contribution in [2.75, 3.05) is 0 Å². The van der Waals surface area contributed by atoms with Crippen LogP contribution in [0.15, 0.2) is 18.9 Å². The fourth-order valence-electron chi connectivity index (χ4n) is 0.913. The van der Waals surface area contributed by atoms with Crippen molar-refractivity contribution in [2.45, 2.75) is 0 Å². The molecule has 0 aliphatic heterocycles. The van der Waals surface area contributed by atoms with Gasteiger partial charge in [-0.2, -0.15) is 5.10 Å². The van der Waals surface area contributed by atoms with Crippen LogP contribution in [-0.4, -0.2) is 29.9 Å². The maximum atomic E-state index is 10.5. The van der Waals surface area contributed by atoms with Crippen LogP contribution in [0.4, 0.5) is 5.69 Å². The molecule has 8 nitrogen and oxygen atoms in total. The highest BCUT2D eigenvalue weighted by Crippen LogP contribution is 2.17. The molecule has 0 spiro atoms. The molecule has 0 bridgehead atoms. The minimum atomic E-state index is -0.529. The molecule has 2 aromatic rings. The first-order chi connectivity index (χ1) is 6.29. The summed E-state index contributed by atoms with van der Waals surface area (Å²) in [6, 6.07) is 0. The Morgan fingerprint density at radius 3 is 2.77 bits per heavy atom. The van der Waals surface area contributed by atoms with Crippen molar-refractivity contribution in [2.24, 2.45) is 0 Å². The highest BCUT2D eigenvalue weighted by molar-refractivity contribution is 5.44. The predicted octanol–water partition coefficient (Wildman–Crippen LogP) is -0.101. The molecule has 0 aromatic carbocycles. The molecule has 0 radical (unpaired) electrons. The third-order valence-electron chi connectivity index (χ3n) is 1.47. The standard InChI is InChI=1S/C5H4N6O2/c12-11(13)4-1-6-9-5(4)10-2-7-8-3-10/h1-3H,(H,6,9). The van der Waals surface area contributed by atoms with Gasteiger partial charge in [-0.05, 0) is 0 Å². The summed E-state index contributed by atoms with van der Waals surface area (Å²) in [5.41, 5.74) is -0.111. The quantitative estimate of drug-likeness (QED) is 0.513. The highest BCUT2D eigenvalue weighted by Gasteiger charge is 2.17. The minimum Gasteiger partial charge on any atom is -0.266 e. The molecule has 0 fully saturated rings. The number of rotatable bonds is 2. The number of aromatic nitrogens is 5. The van der Waals surface area contributed by atoms with E-state index < -0.39 is 4.92 Å². The molecule has 2 rings (SSSR count). The summed E-state index contributed by atoms with van der Waals surface area (Å²) >= 11 is 0. The van der Waals surface area contributed by atoms with Crippen LogP contribution in [0.1, 0.15) is 0 Å². The molecule has 0 unspecified atom stereocenters. The van der Waals surface area contributed by atoms with Crippen LogP contribution in [0, 0.1) is 10.1 Å².